The molecule has 1 amide bonds. The second-order valence-electron chi connectivity index (χ2n) is 3.72. The van der Waals surface area contributed by atoms with Crippen molar-refractivity contribution in [1.29, 1.82) is 0 Å². The van der Waals surface area contributed by atoms with Gasteiger partial charge in [-0.25, -0.2) is 14.0 Å². The molecule has 5 nitrogen and oxygen atoms in total. The lowest BCUT2D eigenvalue weighted by molar-refractivity contribution is -0.139. The summed E-state index contributed by atoms with van der Waals surface area (Å²) in [6, 6.07) is 4.03. The Morgan fingerprint density at radius 3 is 2.82 bits per heavy atom. The Labute approximate surface area is 96.4 Å². The van der Waals surface area contributed by atoms with Gasteiger partial charge >= 0.3 is 12.1 Å². The van der Waals surface area contributed by atoms with Crippen molar-refractivity contribution in [3.05, 3.63) is 30.1 Å². The first-order chi connectivity index (χ1) is 8.00. The Morgan fingerprint density at radius 1 is 1.53 bits per heavy atom. The van der Waals surface area contributed by atoms with Crippen LogP contribution in [0.5, 0.6) is 0 Å². The van der Waals surface area contributed by atoms with Gasteiger partial charge in [0.1, 0.15) is 11.9 Å². The highest BCUT2D eigenvalue weighted by Gasteiger charge is 2.44. The van der Waals surface area contributed by atoms with Gasteiger partial charge < -0.3 is 9.84 Å². The van der Waals surface area contributed by atoms with Crippen LogP contribution < -0.4 is 4.90 Å². The number of benzene rings is 1. The topological polar surface area (TPSA) is 66.8 Å². The van der Waals surface area contributed by atoms with Crippen LogP contribution in [0.3, 0.4) is 0 Å². The molecule has 2 unspecified atom stereocenters. The summed E-state index contributed by atoms with van der Waals surface area (Å²) in [5, 5.41) is 9.03. The molecule has 0 bridgehead atoms. The van der Waals surface area contributed by atoms with Crippen molar-refractivity contribution in [1.82, 2.24) is 0 Å². The maximum atomic E-state index is 13.0. The van der Waals surface area contributed by atoms with E-state index in [1.165, 1.54) is 25.1 Å². The molecule has 0 radical (unpaired) electrons. The van der Waals surface area contributed by atoms with E-state index in [0.29, 0.717) is 0 Å². The fraction of sp³-hybridized carbons (Fsp3) is 0.273. The largest absolute Gasteiger partial charge is 0.480 e. The van der Waals surface area contributed by atoms with Crippen LogP contribution in [0.15, 0.2) is 24.3 Å². The van der Waals surface area contributed by atoms with Gasteiger partial charge in [-0.05, 0) is 25.1 Å². The first kappa shape index (κ1) is 11.4. The SMILES string of the molecule is CC1OC(=O)N(c2cccc(F)c2)C1C(=O)O. The summed E-state index contributed by atoms with van der Waals surface area (Å²) in [7, 11) is 0. The highest BCUT2D eigenvalue weighted by atomic mass is 19.1. The normalized spacial score (nSPS) is 23.6. The number of carboxylic acids is 1. The molecule has 2 atom stereocenters. The number of carboxylic acid groups (broad SMARTS) is 1. The van der Waals surface area contributed by atoms with Gasteiger partial charge in [-0.1, -0.05) is 6.07 Å². The van der Waals surface area contributed by atoms with Crippen molar-refractivity contribution in [2.45, 2.75) is 19.1 Å². The van der Waals surface area contributed by atoms with E-state index in [4.69, 9.17) is 9.84 Å². The molecule has 1 heterocycles. The minimum Gasteiger partial charge on any atom is -0.480 e. The van der Waals surface area contributed by atoms with E-state index in [1.54, 1.807) is 0 Å². The molecule has 1 N–H and O–H groups in total. The molecular formula is C11H10FNO4. The third-order valence-corrected chi connectivity index (χ3v) is 2.55. The number of ether oxygens (including phenoxy) is 1. The molecule has 1 saturated heterocycles. The molecule has 6 heteroatoms. The molecule has 1 fully saturated rings. The van der Waals surface area contributed by atoms with Crippen molar-refractivity contribution in [2.24, 2.45) is 0 Å². The Hall–Kier alpha value is -2.11. The summed E-state index contributed by atoms with van der Waals surface area (Å²) in [5.74, 6) is -1.73. The lowest BCUT2D eigenvalue weighted by Gasteiger charge is -2.19. The minimum absolute atomic E-state index is 0.173. The lowest BCUT2D eigenvalue weighted by Crippen LogP contribution is -2.42. The van der Waals surface area contributed by atoms with E-state index >= 15 is 0 Å². The van der Waals surface area contributed by atoms with Gasteiger partial charge in [-0.15, -0.1) is 0 Å². The fourth-order valence-electron chi connectivity index (χ4n) is 1.81. The molecule has 1 aromatic rings. The van der Waals surface area contributed by atoms with E-state index in [2.05, 4.69) is 0 Å². The van der Waals surface area contributed by atoms with E-state index < -0.39 is 30.0 Å². The zero-order valence-electron chi connectivity index (χ0n) is 8.96. The number of cyclic esters (lactones) is 1. The smallest absolute Gasteiger partial charge is 0.415 e. The molecule has 2 rings (SSSR count). The number of carbonyl (C=O) groups excluding carboxylic acids is 1. The van der Waals surface area contributed by atoms with Crippen molar-refractivity contribution < 1.29 is 23.8 Å². The van der Waals surface area contributed by atoms with Crippen LogP contribution in [0.1, 0.15) is 6.92 Å². The number of hydrogen-bond acceptors (Lipinski definition) is 3. The first-order valence-electron chi connectivity index (χ1n) is 4.99. The molecule has 0 aromatic heterocycles. The van der Waals surface area contributed by atoms with E-state index in [-0.39, 0.29) is 5.69 Å². The zero-order valence-corrected chi connectivity index (χ0v) is 8.96. The van der Waals surface area contributed by atoms with Crippen LogP contribution in [0.2, 0.25) is 0 Å². The molecule has 1 aliphatic rings. The maximum absolute atomic E-state index is 13.0. The van der Waals surface area contributed by atoms with Crippen molar-refractivity contribution in [2.75, 3.05) is 4.90 Å². The lowest BCUT2D eigenvalue weighted by atomic mass is 10.1. The Balaban J connectivity index is 2.41. The third-order valence-electron chi connectivity index (χ3n) is 2.55. The van der Waals surface area contributed by atoms with Crippen molar-refractivity contribution in [3.63, 3.8) is 0 Å². The number of aliphatic carboxylic acids is 1. The first-order valence-corrected chi connectivity index (χ1v) is 4.99. The Morgan fingerprint density at radius 2 is 2.24 bits per heavy atom. The second-order valence-corrected chi connectivity index (χ2v) is 3.72. The number of nitrogens with zero attached hydrogens (tertiary/aromatic N) is 1. The highest BCUT2D eigenvalue weighted by Crippen LogP contribution is 2.27. The average Bonchev–Trinajstić information content (AvgIpc) is 2.53. The molecule has 0 aliphatic carbocycles. The number of rotatable bonds is 2. The number of carbonyl (C=O) groups is 2. The van der Waals surface area contributed by atoms with E-state index in [9.17, 15) is 14.0 Å². The van der Waals surface area contributed by atoms with Gasteiger partial charge in [-0.3, -0.25) is 4.90 Å². The number of hydrogen-bond donors (Lipinski definition) is 1. The van der Waals surface area contributed by atoms with Crippen molar-refractivity contribution >= 4 is 17.7 Å². The van der Waals surface area contributed by atoms with E-state index in [1.807, 2.05) is 0 Å². The minimum atomic E-state index is -1.19. The number of anilines is 1. The molecule has 0 spiro atoms. The Kier molecular flexibility index (Phi) is 2.71. The van der Waals surface area contributed by atoms with Gasteiger partial charge in [0.2, 0.25) is 0 Å². The van der Waals surface area contributed by atoms with Crippen LogP contribution in [0, 0.1) is 5.82 Å². The van der Waals surface area contributed by atoms with Crippen LogP contribution in [-0.2, 0) is 9.53 Å². The molecule has 17 heavy (non-hydrogen) atoms. The summed E-state index contributed by atoms with van der Waals surface area (Å²) in [6.45, 7) is 1.48. The van der Waals surface area contributed by atoms with E-state index in [0.717, 1.165) is 11.0 Å². The summed E-state index contributed by atoms with van der Waals surface area (Å²) in [5.41, 5.74) is 0.173. The average molecular weight is 239 g/mol. The molecule has 90 valence electrons. The quantitative estimate of drug-likeness (QED) is 0.851. The third kappa shape index (κ3) is 1.93. The number of amides is 1. The van der Waals surface area contributed by atoms with Crippen LogP contribution in [0.4, 0.5) is 14.9 Å². The van der Waals surface area contributed by atoms with Gasteiger partial charge in [0, 0.05) is 0 Å². The predicted octanol–water partition coefficient (Wildman–Crippen LogP) is 1.62. The molecular weight excluding hydrogens is 229 g/mol. The van der Waals surface area contributed by atoms with Gasteiger partial charge in [-0.2, -0.15) is 0 Å². The van der Waals surface area contributed by atoms with Gasteiger partial charge in [0.05, 0.1) is 5.69 Å². The predicted molar refractivity (Wildman–Crippen MR) is 56.2 cm³/mol. The summed E-state index contributed by atoms with van der Waals surface area (Å²) < 4.78 is 17.9. The fourth-order valence-corrected chi connectivity index (χ4v) is 1.81. The summed E-state index contributed by atoms with van der Waals surface area (Å²) >= 11 is 0. The van der Waals surface area contributed by atoms with Crippen LogP contribution in [-0.4, -0.2) is 29.3 Å². The van der Waals surface area contributed by atoms with Gasteiger partial charge in [0.25, 0.3) is 0 Å². The summed E-state index contributed by atoms with van der Waals surface area (Å²) in [4.78, 5) is 23.5. The van der Waals surface area contributed by atoms with Crippen LogP contribution >= 0.6 is 0 Å². The summed E-state index contributed by atoms with van der Waals surface area (Å²) in [6.07, 6.45) is -1.56. The zero-order chi connectivity index (χ0) is 12.6. The second kappa shape index (κ2) is 4.04. The maximum Gasteiger partial charge on any atom is 0.415 e. The highest BCUT2D eigenvalue weighted by molar-refractivity contribution is 5.98. The van der Waals surface area contributed by atoms with Crippen molar-refractivity contribution in [3.8, 4) is 0 Å². The molecule has 0 saturated carbocycles. The monoisotopic (exact) mass is 239 g/mol. The molecule has 1 aromatic carbocycles. The number of halogens is 1. The molecule has 1 aliphatic heterocycles. The van der Waals surface area contributed by atoms with Gasteiger partial charge in [0.15, 0.2) is 6.04 Å². The Bertz CT molecular complexity index is 476. The van der Waals surface area contributed by atoms with Crippen LogP contribution in [0.25, 0.3) is 0 Å². The standard InChI is InChI=1S/C11H10FNO4/c1-6-9(10(14)15)13(11(16)17-6)8-4-2-3-7(12)5-8/h2-6,9H,1H3,(H,14,15).